The van der Waals surface area contributed by atoms with E-state index in [1.54, 1.807) is 14.2 Å². The van der Waals surface area contributed by atoms with Gasteiger partial charge in [-0.1, -0.05) is 0 Å². The summed E-state index contributed by atoms with van der Waals surface area (Å²) < 4.78 is 15.1. The van der Waals surface area contributed by atoms with Crippen molar-refractivity contribution in [2.24, 2.45) is 0 Å². The molecule has 13 heavy (non-hydrogen) atoms. The Balaban J connectivity index is 2.50. The van der Waals surface area contributed by atoms with E-state index in [0.717, 1.165) is 0 Å². The maximum Gasteiger partial charge on any atom is 0.181 e. The third-order valence-electron chi connectivity index (χ3n) is 2.17. The van der Waals surface area contributed by atoms with Crippen molar-refractivity contribution < 1.29 is 24.4 Å². The summed E-state index contributed by atoms with van der Waals surface area (Å²) in [4.78, 5) is 0. The maximum absolute atomic E-state index is 9.27. The van der Waals surface area contributed by atoms with E-state index in [1.807, 2.05) is 0 Å². The molecule has 1 saturated heterocycles. The summed E-state index contributed by atoms with van der Waals surface area (Å²) in [6.45, 7) is 0.349. The van der Waals surface area contributed by atoms with Crippen LogP contribution in [0.4, 0.5) is 0 Å². The third kappa shape index (κ3) is 2.62. The van der Waals surface area contributed by atoms with E-state index in [0.29, 0.717) is 13.0 Å². The molecule has 1 rings (SSSR count). The molecule has 1 aliphatic rings. The summed E-state index contributed by atoms with van der Waals surface area (Å²) in [5, 5.41) is 18.5. The smallest absolute Gasteiger partial charge is 0.181 e. The standard InChI is InChI=1S/C8H16O5/c1-11-4-7-6(12-2)3-5(9)8(10)13-7/h5-10H,3-4H2,1-2H3. The molecule has 0 radical (unpaired) electrons. The van der Waals surface area contributed by atoms with Crippen molar-refractivity contribution in [1.29, 1.82) is 0 Å². The molecule has 5 nitrogen and oxygen atoms in total. The molecule has 0 aromatic carbocycles. The highest BCUT2D eigenvalue weighted by Gasteiger charge is 2.36. The topological polar surface area (TPSA) is 68.2 Å². The van der Waals surface area contributed by atoms with Gasteiger partial charge in [0, 0.05) is 20.6 Å². The van der Waals surface area contributed by atoms with Crippen LogP contribution in [0, 0.1) is 0 Å². The van der Waals surface area contributed by atoms with Crippen LogP contribution in [0.5, 0.6) is 0 Å². The molecule has 78 valence electrons. The van der Waals surface area contributed by atoms with Gasteiger partial charge in [0.1, 0.15) is 12.2 Å². The molecule has 0 aromatic rings. The summed E-state index contributed by atoms with van der Waals surface area (Å²) >= 11 is 0. The van der Waals surface area contributed by atoms with Crippen molar-refractivity contribution in [3.63, 3.8) is 0 Å². The number of ether oxygens (including phenoxy) is 3. The highest BCUT2D eigenvalue weighted by Crippen LogP contribution is 2.21. The molecule has 0 amide bonds. The predicted octanol–water partition coefficient (Wildman–Crippen LogP) is -0.884. The average Bonchev–Trinajstić information content (AvgIpc) is 2.11. The van der Waals surface area contributed by atoms with Gasteiger partial charge < -0.3 is 24.4 Å². The minimum atomic E-state index is -1.13. The number of aliphatic hydroxyl groups excluding tert-OH is 2. The Kier molecular flexibility index (Phi) is 4.08. The van der Waals surface area contributed by atoms with Gasteiger partial charge in [-0.3, -0.25) is 0 Å². The zero-order chi connectivity index (χ0) is 9.84. The first-order valence-electron chi connectivity index (χ1n) is 4.22. The van der Waals surface area contributed by atoms with Crippen molar-refractivity contribution in [2.75, 3.05) is 20.8 Å². The number of rotatable bonds is 3. The van der Waals surface area contributed by atoms with Gasteiger partial charge in [-0.15, -0.1) is 0 Å². The van der Waals surface area contributed by atoms with E-state index in [-0.39, 0.29) is 12.2 Å². The second-order valence-electron chi connectivity index (χ2n) is 3.10. The average molecular weight is 192 g/mol. The second kappa shape index (κ2) is 4.88. The first-order valence-corrected chi connectivity index (χ1v) is 4.22. The molecular formula is C8H16O5. The molecule has 1 aliphatic heterocycles. The molecule has 4 unspecified atom stereocenters. The largest absolute Gasteiger partial charge is 0.388 e. The lowest BCUT2D eigenvalue weighted by Crippen LogP contribution is -2.49. The fourth-order valence-electron chi connectivity index (χ4n) is 1.42. The number of hydrogen-bond acceptors (Lipinski definition) is 5. The van der Waals surface area contributed by atoms with Crippen LogP contribution in [0.25, 0.3) is 0 Å². The van der Waals surface area contributed by atoms with Crippen LogP contribution in [0.1, 0.15) is 6.42 Å². The van der Waals surface area contributed by atoms with E-state index in [2.05, 4.69) is 0 Å². The minimum absolute atomic E-state index is 0.224. The van der Waals surface area contributed by atoms with Gasteiger partial charge in [0.2, 0.25) is 0 Å². The van der Waals surface area contributed by atoms with Gasteiger partial charge >= 0.3 is 0 Å². The van der Waals surface area contributed by atoms with Gasteiger partial charge in [0.05, 0.1) is 12.7 Å². The Hall–Kier alpha value is -0.200. The summed E-state index contributed by atoms with van der Waals surface area (Å²) in [7, 11) is 3.09. The predicted molar refractivity (Wildman–Crippen MR) is 44.2 cm³/mol. The molecule has 0 spiro atoms. The fraction of sp³-hybridized carbons (Fsp3) is 1.00. The second-order valence-corrected chi connectivity index (χ2v) is 3.10. The van der Waals surface area contributed by atoms with Crippen LogP contribution >= 0.6 is 0 Å². The normalized spacial score (nSPS) is 40.6. The molecule has 5 heteroatoms. The molecule has 0 saturated carbocycles. The Morgan fingerprint density at radius 1 is 1.38 bits per heavy atom. The van der Waals surface area contributed by atoms with Gasteiger partial charge in [0.15, 0.2) is 6.29 Å². The molecule has 0 aliphatic carbocycles. The molecular weight excluding hydrogens is 176 g/mol. The van der Waals surface area contributed by atoms with Crippen molar-refractivity contribution in [3.8, 4) is 0 Å². The first-order chi connectivity index (χ1) is 6.19. The molecule has 1 heterocycles. The van der Waals surface area contributed by atoms with Gasteiger partial charge in [-0.05, 0) is 0 Å². The molecule has 1 fully saturated rings. The van der Waals surface area contributed by atoms with Crippen LogP contribution < -0.4 is 0 Å². The lowest BCUT2D eigenvalue weighted by Gasteiger charge is -2.35. The highest BCUT2D eigenvalue weighted by atomic mass is 16.6. The van der Waals surface area contributed by atoms with E-state index in [1.165, 1.54) is 0 Å². The van der Waals surface area contributed by atoms with E-state index in [4.69, 9.17) is 14.2 Å². The quantitative estimate of drug-likeness (QED) is 0.607. The molecule has 2 N–H and O–H groups in total. The lowest BCUT2D eigenvalue weighted by molar-refractivity contribution is -0.256. The maximum atomic E-state index is 9.27. The molecule has 4 atom stereocenters. The van der Waals surface area contributed by atoms with E-state index >= 15 is 0 Å². The Morgan fingerprint density at radius 2 is 2.08 bits per heavy atom. The van der Waals surface area contributed by atoms with Gasteiger partial charge in [-0.2, -0.15) is 0 Å². The molecule has 0 bridgehead atoms. The van der Waals surface area contributed by atoms with Crippen molar-refractivity contribution >= 4 is 0 Å². The summed E-state index contributed by atoms with van der Waals surface area (Å²) in [5.74, 6) is 0. The van der Waals surface area contributed by atoms with Crippen molar-refractivity contribution in [1.82, 2.24) is 0 Å². The van der Waals surface area contributed by atoms with Crippen LogP contribution in [0.2, 0.25) is 0 Å². The zero-order valence-corrected chi connectivity index (χ0v) is 7.84. The number of aliphatic hydroxyl groups is 2. The van der Waals surface area contributed by atoms with Crippen LogP contribution in [-0.2, 0) is 14.2 Å². The monoisotopic (exact) mass is 192 g/mol. The summed E-state index contributed by atoms with van der Waals surface area (Å²) in [6, 6.07) is 0. The fourth-order valence-corrected chi connectivity index (χ4v) is 1.42. The third-order valence-corrected chi connectivity index (χ3v) is 2.17. The molecule has 0 aromatic heterocycles. The summed E-state index contributed by atoms with van der Waals surface area (Å²) in [5.41, 5.74) is 0. The Bertz CT molecular complexity index is 151. The van der Waals surface area contributed by atoms with E-state index < -0.39 is 12.4 Å². The number of methoxy groups -OCH3 is 2. The Morgan fingerprint density at radius 3 is 2.62 bits per heavy atom. The summed E-state index contributed by atoms with van der Waals surface area (Å²) in [6.07, 6.45) is -2.18. The minimum Gasteiger partial charge on any atom is -0.388 e. The number of hydrogen-bond donors (Lipinski definition) is 2. The zero-order valence-electron chi connectivity index (χ0n) is 7.84. The van der Waals surface area contributed by atoms with Crippen LogP contribution in [-0.4, -0.2) is 55.6 Å². The van der Waals surface area contributed by atoms with E-state index in [9.17, 15) is 10.2 Å². The van der Waals surface area contributed by atoms with Gasteiger partial charge in [-0.25, -0.2) is 0 Å². The first kappa shape index (κ1) is 10.9. The Labute approximate surface area is 77.2 Å². The van der Waals surface area contributed by atoms with Gasteiger partial charge in [0.25, 0.3) is 0 Å². The van der Waals surface area contributed by atoms with Crippen molar-refractivity contribution in [3.05, 3.63) is 0 Å². The highest BCUT2D eigenvalue weighted by molar-refractivity contribution is 4.81. The van der Waals surface area contributed by atoms with Crippen LogP contribution in [0.3, 0.4) is 0 Å². The van der Waals surface area contributed by atoms with Crippen LogP contribution in [0.15, 0.2) is 0 Å². The SMILES string of the molecule is COCC1OC(O)C(O)CC1OC. The van der Waals surface area contributed by atoms with Crippen molar-refractivity contribution in [2.45, 2.75) is 31.0 Å². The lowest BCUT2D eigenvalue weighted by atomic mass is 10.0.